The molecule has 10 N–H and O–H groups in total. The molecule has 11 atom stereocenters. The molecule has 0 aliphatic carbocycles. The largest absolute Gasteiger partial charge is 0.508 e. The number of nitrogens with two attached hydrogens (primary N) is 1. The second-order valence-corrected chi connectivity index (χ2v) is 19.2. The lowest BCUT2D eigenvalue weighted by Crippen LogP contribution is -2.61. The minimum absolute atomic E-state index is 0.00231. The zero-order chi connectivity index (χ0) is 52.0. The molecule has 4 rings (SSSR count). The van der Waals surface area contributed by atoms with Crippen molar-refractivity contribution in [3.05, 3.63) is 29.8 Å². The first-order chi connectivity index (χ1) is 33.1. The van der Waals surface area contributed by atoms with Gasteiger partial charge in [0.15, 0.2) is 0 Å². The van der Waals surface area contributed by atoms with Crippen LogP contribution in [0.3, 0.4) is 0 Å². The summed E-state index contributed by atoms with van der Waals surface area (Å²) in [6, 6.07) is -4.17. The Bertz CT molecular complexity index is 2050. The van der Waals surface area contributed by atoms with Gasteiger partial charge in [-0.15, -0.1) is 0 Å². The third-order valence-electron chi connectivity index (χ3n) is 13.3. The molecule has 388 valence electrons. The van der Waals surface area contributed by atoms with Gasteiger partial charge < -0.3 is 67.1 Å². The van der Waals surface area contributed by atoms with E-state index in [2.05, 4.69) is 26.6 Å². The van der Waals surface area contributed by atoms with Crippen molar-refractivity contribution in [2.24, 2.45) is 17.6 Å². The van der Waals surface area contributed by atoms with Gasteiger partial charge in [-0.25, -0.2) is 0 Å². The van der Waals surface area contributed by atoms with Crippen molar-refractivity contribution in [3.8, 4) is 5.75 Å². The van der Waals surface area contributed by atoms with E-state index in [1.807, 2.05) is 27.7 Å². The van der Waals surface area contributed by atoms with Gasteiger partial charge in [-0.05, 0) is 101 Å². The second-order valence-electron chi connectivity index (χ2n) is 19.2. The third-order valence-corrected chi connectivity index (χ3v) is 13.3. The number of nitrogens with one attached hydrogen (secondary N) is 5. The highest BCUT2D eigenvalue weighted by molar-refractivity contribution is 5.98. The zero-order valence-corrected chi connectivity index (χ0v) is 41.1. The van der Waals surface area contributed by atoms with Crippen LogP contribution in [-0.2, 0) is 54.4 Å². The van der Waals surface area contributed by atoms with Gasteiger partial charge in [-0.2, -0.15) is 0 Å². The molecular weight excluding hydrogens is 911 g/mol. The smallest absolute Gasteiger partial charge is 0.303 e. The van der Waals surface area contributed by atoms with Crippen LogP contribution in [0, 0.1) is 11.8 Å². The van der Waals surface area contributed by atoms with Crippen LogP contribution in [0.4, 0.5) is 0 Å². The van der Waals surface area contributed by atoms with Crippen LogP contribution in [0.5, 0.6) is 5.75 Å². The Morgan fingerprint density at radius 1 is 0.714 bits per heavy atom. The standard InChI is InChI=1S/C48H73N9O13/c1-7-27(4)39(49)44(66)53-34(23-26(2)3)47(69)55-20-8-12-36(55)43(65)54-40(29(6)59)45(67)50-28(5)46(68)57-22-10-13-37(57)48(70)56-21-9-11-35(56)42(64)52-33(18-19-38(61)62)41(63)51-31(25-58)24-30-14-16-32(60)17-15-30/h14-17,25-29,31,33-37,39-40,59-60H,7-13,18-24,49H2,1-6H3,(H,50,67)(H,51,63)(H,52,64)(H,53,66)(H,54,65)(H,61,62)/t27-,28-,29+,31-,33-,34-,35-,36-,37-,39-,40-/m0/s1. The van der Waals surface area contributed by atoms with Crippen LogP contribution in [0.1, 0.15) is 111 Å². The Labute approximate surface area is 408 Å². The molecule has 22 heteroatoms. The van der Waals surface area contributed by atoms with Gasteiger partial charge in [0.2, 0.25) is 47.3 Å². The van der Waals surface area contributed by atoms with Gasteiger partial charge in [0, 0.05) is 26.1 Å². The predicted octanol–water partition coefficient (Wildman–Crippen LogP) is -0.784. The fraction of sp³-hybridized carbons (Fsp3) is 0.667. The van der Waals surface area contributed by atoms with E-state index < -0.39 is 120 Å². The van der Waals surface area contributed by atoms with Crippen LogP contribution < -0.4 is 32.3 Å². The number of carboxylic acid groups (broad SMARTS) is 1. The minimum atomic E-state index is -1.55. The number of aliphatic hydroxyl groups excluding tert-OH is 1. The van der Waals surface area contributed by atoms with E-state index >= 15 is 0 Å². The third kappa shape index (κ3) is 15.2. The number of carbonyl (C=O) groups excluding carboxylic acids is 9. The summed E-state index contributed by atoms with van der Waals surface area (Å²) in [5.41, 5.74) is 6.77. The molecule has 3 fully saturated rings. The number of hydrogen-bond acceptors (Lipinski definition) is 13. The van der Waals surface area contributed by atoms with Crippen molar-refractivity contribution in [1.82, 2.24) is 41.3 Å². The monoisotopic (exact) mass is 984 g/mol. The zero-order valence-electron chi connectivity index (χ0n) is 41.1. The van der Waals surface area contributed by atoms with Crippen LogP contribution in [0.2, 0.25) is 0 Å². The number of aromatic hydroxyl groups is 1. The topological polar surface area (TPSA) is 327 Å². The first-order valence-electron chi connectivity index (χ1n) is 24.4. The summed E-state index contributed by atoms with van der Waals surface area (Å²) in [6.45, 7) is 10.7. The van der Waals surface area contributed by atoms with Crippen molar-refractivity contribution in [2.45, 2.75) is 173 Å². The molecule has 0 bridgehead atoms. The Morgan fingerprint density at radius 3 is 1.83 bits per heavy atom. The van der Waals surface area contributed by atoms with Gasteiger partial charge in [0.25, 0.3) is 0 Å². The van der Waals surface area contributed by atoms with Gasteiger partial charge in [0.05, 0.1) is 18.2 Å². The van der Waals surface area contributed by atoms with Crippen molar-refractivity contribution < 1.29 is 63.3 Å². The maximum atomic E-state index is 14.2. The highest BCUT2D eigenvalue weighted by Crippen LogP contribution is 2.27. The average Bonchev–Trinajstić information content (AvgIpc) is 4.13. The maximum absolute atomic E-state index is 14.2. The molecule has 3 aliphatic rings. The van der Waals surface area contributed by atoms with E-state index in [0.29, 0.717) is 37.5 Å². The van der Waals surface area contributed by atoms with E-state index in [1.165, 1.54) is 40.7 Å². The van der Waals surface area contributed by atoms with Crippen LogP contribution >= 0.6 is 0 Å². The highest BCUT2D eigenvalue weighted by atomic mass is 16.4. The molecule has 1 aromatic rings. The number of aldehydes is 1. The normalized spacial score (nSPS) is 21.3. The molecule has 70 heavy (non-hydrogen) atoms. The first-order valence-corrected chi connectivity index (χ1v) is 24.4. The molecule has 0 unspecified atom stereocenters. The van der Waals surface area contributed by atoms with Crippen LogP contribution in [-0.4, -0.2) is 170 Å². The molecule has 3 saturated heterocycles. The number of nitrogens with zero attached hydrogens (tertiary/aromatic N) is 3. The Hall–Kier alpha value is -6.16. The number of hydrogen-bond donors (Lipinski definition) is 9. The fourth-order valence-corrected chi connectivity index (χ4v) is 9.13. The molecule has 0 radical (unpaired) electrons. The van der Waals surface area contributed by atoms with Gasteiger partial charge >= 0.3 is 5.97 Å². The summed E-state index contributed by atoms with van der Waals surface area (Å²) >= 11 is 0. The van der Waals surface area contributed by atoms with E-state index in [9.17, 15) is 63.3 Å². The molecule has 1 aromatic carbocycles. The predicted molar refractivity (Wildman–Crippen MR) is 253 cm³/mol. The summed E-state index contributed by atoms with van der Waals surface area (Å²) in [6.07, 6.45) is 1.22. The van der Waals surface area contributed by atoms with E-state index in [-0.39, 0.29) is 75.7 Å². The van der Waals surface area contributed by atoms with E-state index in [1.54, 1.807) is 12.1 Å². The number of likely N-dealkylation sites (tertiary alicyclic amines) is 3. The number of carbonyl (C=O) groups is 10. The van der Waals surface area contributed by atoms with Crippen LogP contribution in [0.25, 0.3) is 0 Å². The van der Waals surface area contributed by atoms with E-state index in [0.717, 1.165) is 0 Å². The SMILES string of the molecule is CC[C@H](C)[C@H](N)C(=O)N[C@@H](CC(C)C)C(=O)N1CCC[C@H]1C(=O)N[C@H](C(=O)N[C@@H](C)C(=O)N1CCC[C@H]1C(=O)N1CCC[C@H]1C(=O)N[C@@H](CCC(=O)O)C(=O)N[C@H](C=O)Cc1ccc(O)cc1)[C@@H](C)O. The lowest BCUT2D eigenvalue weighted by Gasteiger charge is -2.33. The maximum Gasteiger partial charge on any atom is 0.303 e. The number of phenolic OH excluding ortho intramolecular Hbond substituents is 1. The number of amides is 8. The summed E-state index contributed by atoms with van der Waals surface area (Å²) < 4.78 is 0. The number of aliphatic hydroxyl groups is 1. The van der Waals surface area contributed by atoms with Gasteiger partial charge in [-0.3, -0.25) is 43.2 Å². The van der Waals surface area contributed by atoms with Crippen molar-refractivity contribution in [1.29, 1.82) is 0 Å². The summed E-state index contributed by atoms with van der Waals surface area (Å²) in [5, 5.41) is 42.7. The van der Waals surface area contributed by atoms with Crippen molar-refractivity contribution in [3.63, 3.8) is 0 Å². The minimum Gasteiger partial charge on any atom is -0.508 e. The Morgan fingerprint density at radius 2 is 1.27 bits per heavy atom. The lowest BCUT2D eigenvalue weighted by atomic mass is 9.97. The number of carboxylic acids is 1. The summed E-state index contributed by atoms with van der Waals surface area (Å²) in [5.74, 6) is -6.64. The summed E-state index contributed by atoms with van der Waals surface area (Å²) in [7, 11) is 0. The second kappa shape index (κ2) is 26.2. The highest BCUT2D eigenvalue weighted by Gasteiger charge is 2.45. The molecule has 0 aromatic heterocycles. The quantitative estimate of drug-likeness (QED) is 0.0574. The van der Waals surface area contributed by atoms with Crippen molar-refractivity contribution >= 4 is 59.5 Å². The van der Waals surface area contributed by atoms with Crippen LogP contribution in [0.15, 0.2) is 24.3 Å². The molecule has 0 spiro atoms. The number of aliphatic carboxylic acids is 1. The molecule has 0 saturated carbocycles. The summed E-state index contributed by atoms with van der Waals surface area (Å²) in [4.78, 5) is 137. The molecule has 8 amide bonds. The molecule has 3 heterocycles. The number of phenols is 1. The number of rotatable bonds is 24. The fourth-order valence-electron chi connectivity index (χ4n) is 9.13. The molecule has 3 aliphatic heterocycles. The first kappa shape index (κ1) is 56.4. The number of benzene rings is 1. The average molecular weight is 984 g/mol. The lowest BCUT2D eigenvalue weighted by molar-refractivity contribution is -0.148. The van der Waals surface area contributed by atoms with E-state index in [4.69, 9.17) is 5.73 Å². The Kier molecular flexibility index (Phi) is 21.1. The van der Waals surface area contributed by atoms with Crippen molar-refractivity contribution in [2.75, 3.05) is 19.6 Å². The molecule has 22 nitrogen and oxygen atoms in total. The van der Waals surface area contributed by atoms with Gasteiger partial charge in [-0.1, -0.05) is 46.2 Å². The van der Waals surface area contributed by atoms with Gasteiger partial charge in [0.1, 0.15) is 54.3 Å². The Balaban J connectivity index is 1.39. The molecular formula is C48H73N9O13.